The molecule has 1 aromatic rings. The van der Waals surface area contributed by atoms with Gasteiger partial charge in [0.05, 0.1) is 0 Å². The fraction of sp³-hybridized carbons (Fsp3) is 0.412. The largest absolute Gasteiger partial charge is 0.361 e. The second-order valence-corrected chi connectivity index (χ2v) is 4.77. The molecule has 120 valence electrons. The first-order valence-electron chi connectivity index (χ1n) is 7.56. The average Bonchev–Trinajstić information content (AvgIpc) is 3.00. The zero-order chi connectivity index (χ0) is 16.5. The van der Waals surface area contributed by atoms with Crippen molar-refractivity contribution in [1.82, 2.24) is 15.8 Å². The number of aromatic nitrogens is 1. The van der Waals surface area contributed by atoms with Crippen LogP contribution in [-0.4, -0.2) is 30.2 Å². The Labute approximate surface area is 132 Å². The summed E-state index contributed by atoms with van der Waals surface area (Å²) in [6, 6.07) is 1.80. The molecule has 0 saturated heterocycles. The molecule has 1 aromatic heterocycles. The first kappa shape index (κ1) is 17.9. The maximum atomic E-state index is 11.9. The Kier molecular flexibility index (Phi) is 7.32. The summed E-state index contributed by atoms with van der Waals surface area (Å²) in [7, 11) is 0. The lowest BCUT2D eigenvalue weighted by molar-refractivity contribution is 0.0940. The van der Waals surface area contributed by atoms with E-state index in [1.54, 1.807) is 13.0 Å². The van der Waals surface area contributed by atoms with Gasteiger partial charge in [-0.2, -0.15) is 0 Å². The van der Waals surface area contributed by atoms with Crippen LogP contribution in [0.4, 0.5) is 0 Å². The van der Waals surface area contributed by atoms with E-state index in [0.717, 1.165) is 18.5 Å². The molecule has 1 unspecified atom stereocenters. The SMILES string of the molecule is C=CC1=C(C=C)CC(CNC(=O)c2cc(C)on2)NC1.CC. The predicted octanol–water partition coefficient (Wildman–Crippen LogP) is 2.77. The van der Waals surface area contributed by atoms with Crippen molar-refractivity contribution >= 4 is 5.91 Å². The van der Waals surface area contributed by atoms with Gasteiger partial charge in [-0.25, -0.2) is 0 Å². The summed E-state index contributed by atoms with van der Waals surface area (Å²) < 4.78 is 4.88. The molecule has 1 aliphatic rings. The molecule has 5 heteroatoms. The molecule has 0 spiro atoms. The number of carbonyl (C=O) groups excluding carboxylic acids is 1. The summed E-state index contributed by atoms with van der Waals surface area (Å²) in [5.74, 6) is 0.403. The molecule has 0 bridgehead atoms. The zero-order valence-electron chi connectivity index (χ0n) is 13.6. The second kappa shape index (κ2) is 9.00. The van der Waals surface area contributed by atoms with Gasteiger partial charge in [0.2, 0.25) is 0 Å². The van der Waals surface area contributed by atoms with Crippen molar-refractivity contribution in [2.24, 2.45) is 0 Å². The minimum absolute atomic E-state index is 0.184. The van der Waals surface area contributed by atoms with E-state index in [1.807, 2.05) is 26.0 Å². The third kappa shape index (κ3) is 4.70. The minimum atomic E-state index is -0.220. The van der Waals surface area contributed by atoms with E-state index in [9.17, 15) is 4.79 Å². The highest BCUT2D eigenvalue weighted by Gasteiger charge is 2.19. The summed E-state index contributed by atoms with van der Waals surface area (Å²) in [4.78, 5) is 11.9. The second-order valence-electron chi connectivity index (χ2n) is 4.77. The number of carbonyl (C=O) groups is 1. The highest BCUT2D eigenvalue weighted by atomic mass is 16.5. The maximum absolute atomic E-state index is 11.9. The Morgan fingerprint density at radius 1 is 1.45 bits per heavy atom. The van der Waals surface area contributed by atoms with Crippen LogP contribution in [0.2, 0.25) is 0 Å². The quantitative estimate of drug-likeness (QED) is 0.877. The van der Waals surface area contributed by atoms with E-state index in [4.69, 9.17) is 4.52 Å². The number of nitrogens with one attached hydrogen (secondary N) is 2. The van der Waals surface area contributed by atoms with Gasteiger partial charge in [-0.15, -0.1) is 0 Å². The van der Waals surface area contributed by atoms with Gasteiger partial charge >= 0.3 is 0 Å². The molecule has 0 aliphatic carbocycles. The summed E-state index contributed by atoms with van der Waals surface area (Å²) in [6.07, 6.45) is 4.52. The zero-order valence-corrected chi connectivity index (χ0v) is 13.6. The topological polar surface area (TPSA) is 67.2 Å². The van der Waals surface area contributed by atoms with Crippen molar-refractivity contribution in [3.63, 3.8) is 0 Å². The van der Waals surface area contributed by atoms with Crippen molar-refractivity contribution in [1.29, 1.82) is 0 Å². The molecule has 0 aromatic carbocycles. The van der Waals surface area contributed by atoms with Crippen LogP contribution in [0.5, 0.6) is 0 Å². The Bertz CT molecular complexity index is 558. The van der Waals surface area contributed by atoms with E-state index < -0.39 is 0 Å². The third-order valence-electron chi connectivity index (χ3n) is 3.32. The molecule has 1 atom stereocenters. The Morgan fingerprint density at radius 3 is 2.68 bits per heavy atom. The van der Waals surface area contributed by atoms with E-state index in [0.29, 0.717) is 18.0 Å². The molecule has 2 heterocycles. The molecule has 1 aliphatic heterocycles. The smallest absolute Gasteiger partial charge is 0.273 e. The lowest BCUT2D eigenvalue weighted by Crippen LogP contribution is -2.44. The first-order valence-corrected chi connectivity index (χ1v) is 7.56. The van der Waals surface area contributed by atoms with E-state index in [-0.39, 0.29) is 11.9 Å². The molecule has 5 nitrogen and oxygen atoms in total. The lowest BCUT2D eigenvalue weighted by atomic mass is 9.96. The van der Waals surface area contributed by atoms with Crippen LogP contribution in [0.1, 0.15) is 36.5 Å². The monoisotopic (exact) mass is 303 g/mol. The third-order valence-corrected chi connectivity index (χ3v) is 3.32. The Balaban J connectivity index is 0.00000116. The van der Waals surface area contributed by atoms with Crippen molar-refractivity contribution in [3.8, 4) is 0 Å². The number of amides is 1. The fourth-order valence-electron chi connectivity index (χ4n) is 2.18. The first-order chi connectivity index (χ1) is 10.6. The summed E-state index contributed by atoms with van der Waals surface area (Å²) in [5, 5.41) is 9.90. The van der Waals surface area contributed by atoms with Crippen LogP contribution in [0, 0.1) is 6.92 Å². The number of hydrogen-bond donors (Lipinski definition) is 2. The van der Waals surface area contributed by atoms with Crippen LogP contribution < -0.4 is 10.6 Å². The van der Waals surface area contributed by atoms with E-state index in [1.165, 1.54) is 5.57 Å². The minimum Gasteiger partial charge on any atom is -0.361 e. The van der Waals surface area contributed by atoms with Crippen molar-refractivity contribution in [2.75, 3.05) is 13.1 Å². The number of rotatable bonds is 5. The molecule has 2 N–H and O–H groups in total. The molecule has 0 radical (unpaired) electrons. The summed E-state index contributed by atoms with van der Waals surface area (Å²) in [5.41, 5.74) is 2.65. The molecule has 1 amide bonds. The molecule has 0 fully saturated rings. The molecular weight excluding hydrogens is 278 g/mol. The number of allylic oxidation sites excluding steroid dienone is 1. The standard InChI is InChI=1S/C15H19N3O2.C2H6/c1-4-11-7-13(16-8-12(11)5-2)9-17-15(19)14-6-10(3)20-18-14;1-2/h4-6,13,16H,1-2,7-9H2,3H3,(H,17,19);1-2H3. The van der Waals surface area contributed by atoms with Gasteiger partial charge in [0.25, 0.3) is 5.91 Å². The molecule has 0 saturated carbocycles. The summed E-state index contributed by atoms with van der Waals surface area (Å²) >= 11 is 0. The molecular formula is C17H25N3O2. The van der Waals surface area contributed by atoms with Crippen LogP contribution >= 0.6 is 0 Å². The normalized spacial score (nSPS) is 17.3. The van der Waals surface area contributed by atoms with Crippen LogP contribution in [0.25, 0.3) is 0 Å². The van der Waals surface area contributed by atoms with Gasteiger partial charge in [0.15, 0.2) is 5.69 Å². The van der Waals surface area contributed by atoms with Gasteiger partial charge < -0.3 is 15.2 Å². The van der Waals surface area contributed by atoms with Crippen LogP contribution in [0.15, 0.2) is 47.0 Å². The fourth-order valence-corrected chi connectivity index (χ4v) is 2.18. The molecule has 2 rings (SSSR count). The molecule has 22 heavy (non-hydrogen) atoms. The number of nitrogens with zero attached hydrogens (tertiary/aromatic N) is 1. The summed E-state index contributed by atoms with van der Waals surface area (Å²) in [6.45, 7) is 14.6. The van der Waals surface area contributed by atoms with Crippen LogP contribution in [0.3, 0.4) is 0 Å². The number of aryl methyl sites for hydroxylation is 1. The highest BCUT2D eigenvalue weighted by molar-refractivity contribution is 5.92. The van der Waals surface area contributed by atoms with Gasteiger partial charge in [0.1, 0.15) is 5.76 Å². The van der Waals surface area contributed by atoms with Gasteiger partial charge in [-0.3, -0.25) is 4.79 Å². The van der Waals surface area contributed by atoms with Gasteiger partial charge in [0, 0.05) is 25.2 Å². The Morgan fingerprint density at radius 2 is 2.14 bits per heavy atom. The van der Waals surface area contributed by atoms with Crippen molar-refractivity contribution < 1.29 is 9.32 Å². The van der Waals surface area contributed by atoms with Gasteiger partial charge in [-0.1, -0.05) is 44.3 Å². The van der Waals surface area contributed by atoms with Gasteiger partial charge in [-0.05, 0) is 24.5 Å². The predicted molar refractivity (Wildman–Crippen MR) is 88.7 cm³/mol. The van der Waals surface area contributed by atoms with E-state index >= 15 is 0 Å². The average molecular weight is 303 g/mol. The van der Waals surface area contributed by atoms with Crippen molar-refractivity contribution in [2.45, 2.75) is 33.2 Å². The van der Waals surface area contributed by atoms with Crippen LogP contribution in [-0.2, 0) is 0 Å². The Hall–Kier alpha value is -2.14. The lowest BCUT2D eigenvalue weighted by Gasteiger charge is -2.26. The van der Waals surface area contributed by atoms with Crippen molar-refractivity contribution in [3.05, 3.63) is 54.0 Å². The van der Waals surface area contributed by atoms with E-state index in [2.05, 4.69) is 28.9 Å². The maximum Gasteiger partial charge on any atom is 0.273 e. The highest BCUT2D eigenvalue weighted by Crippen LogP contribution is 2.18. The number of hydrogen-bond acceptors (Lipinski definition) is 4.